The van der Waals surface area contributed by atoms with Crippen molar-refractivity contribution in [2.75, 3.05) is 18.1 Å². The Morgan fingerprint density at radius 3 is 2.65 bits per heavy atom. The van der Waals surface area contributed by atoms with E-state index >= 15 is 0 Å². The third-order valence-corrected chi connectivity index (χ3v) is 3.36. The number of anilines is 1. The molecule has 0 radical (unpaired) electrons. The van der Waals surface area contributed by atoms with Gasteiger partial charge in [0.2, 0.25) is 0 Å². The molecule has 0 saturated heterocycles. The fraction of sp³-hybridized carbons (Fsp3) is 0.176. The summed E-state index contributed by atoms with van der Waals surface area (Å²) < 4.78 is 18.5. The molecular weight excluding hydrogens is 319 g/mol. The van der Waals surface area contributed by atoms with Gasteiger partial charge in [-0.3, -0.25) is 4.79 Å². The van der Waals surface area contributed by atoms with Crippen LogP contribution >= 0.6 is 11.6 Å². The molecule has 0 bridgehead atoms. The van der Waals surface area contributed by atoms with Crippen molar-refractivity contribution >= 4 is 23.2 Å². The molecule has 23 heavy (non-hydrogen) atoms. The molecule has 0 aliphatic carbocycles. The molecule has 0 fully saturated rings. The smallest absolute Gasteiger partial charge is 0.264 e. The Hall–Kier alpha value is -2.58. The zero-order chi connectivity index (χ0) is 16.7. The molecule has 2 aromatic carbocycles. The summed E-state index contributed by atoms with van der Waals surface area (Å²) in [7, 11) is 0. The van der Waals surface area contributed by atoms with E-state index in [1.54, 1.807) is 12.1 Å². The average Bonchev–Trinajstić information content (AvgIpc) is 2.57. The van der Waals surface area contributed by atoms with Crippen LogP contribution in [0.2, 0.25) is 5.02 Å². The number of para-hydroxylation sites is 1. The van der Waals surface area contributed by atoms with Crippen molar-refractivity contribution in [3.63, 3.8) is 0 Å². The fourth-order valence-electron chi connectivity index (χ4n) is 1.96. The minimum Gasteiger partial charge on any atom is -0.484 e. The van der Waals surface area contributed by atoms with Gasteiger partial charge in [0, 0.05) is 18.3 Å². The molecule has 0 aliphatic heterocycles. The van der Waals surface area contributed by atoms with E-state index in [0.29, 0.717) is 11.4 Å². The van der Waals surface area contributed by atoms with Crippen LogP contribution < -0.4 is 9.64 Å². The number of hydrogen-bond donors (Lipinski definition) is 0. The third kappa shape index (κ3) is 4.70. The highest BCUT2D eigenvalue weighted by molar-refractivity contribution is 6.30. The van der Waals surface area contributed by atoms with Crippen LogP contribution in [0.5, 0.6) is 5.75 Å². The number of amides is 1. The van der Waals surface area contributed by atoms with Crippen molar-refractivity contribution in [1.29, 1.82) is 5.26 Å². The van der Waals surface area contributed by atoms with Crippen LogP contribution in [0.3, 0.4) is 0 Å². The van der Waals surface area contributed by atoms with Crippen LogP contribution in [-0.2, 0) is 4.79 Å². The van der Waals surface area contributed by atoms with Gasteiger partial charge in [0.15, 0.2) is 6.61 Å². The molecular formula is C17H14ClFN2O2. The van der Waals surface area contributed by atoms with E-state index in [9.17, 15) is 9.18 Å². The molecule has 2 aromatic rings. The van der Waals surface area contributed by atoms with Crippen molar-refractivity contribution in [2.24, 2.45) is 0 Å². The molecule has 0 aliphatic rings. The highest BCUT2D eigenvalue weighted by Crippen LogP contribution is 2.21. The summed E-state index contributed by atoms with van der Waals surface area (Å²) in [6.07, 6.45) is 0.211. The SMILES string of the molecule is N#CCCN(C(=O)COc1ccc(F)c(Cl)c1)c1ccccc1. The van der Waals surface area contributed by atoms with Crippen molar-refractivity contribution in [3.8, 4) is 11.8 Å². The van der Waals surface area contributed by atoms with E-state index in [0.717, 1.165) is 0 Å². The highest BCUT2D eigenvalue weighted by atomic mass is 35.5. The van der Waals surface area contributed by atoms with Gasteiger partial charge in [-0.25, -0.2) is 4.39 Å². The lowest BCUT2D eigenvalue weighted by Crippen LogP contribution is -2.35. The van der Waals surface area contributed by atoms with Crippen molar-refractivity contribution < 1.29 is 13.9 Å². The second-order valence-electron chi connectivity index (χ2n) is 4.65. The summed E-state index contributed by atoms with van der Waals surface area (Å²) >= 11 is 5.67. The molecule has 0 atom stereocenters. The molecule has 0 unspecified atom stereocenters. The zero-order valence-corrected chi connectivity index (χ0v) is 13.0. The van der Waals surface area contributed by atoms with E-state index in [1.165, 1.54) is 23.1 Å². The maximum Gasteiger partial charge on any atom is 0.264 e. The maximum atomic E-state index is 13.1. The summed E-state index contributed by atoms with van der Waals surface area (Å²) in [5.41, 5.74) is 0.688. The number of nitrogens with zero attached hydrogens (tertiary/aromatic N) is 2. The molecule has 4 nitrogen and oxygen atoms in total. The van der Waals surface area contributed by atoms with Crippen molar-refractivity contribution in [1.82, 2.24) is 0 Å². The Balaban J connectivity index is 2.05. The van der Waals surface area contributed by atoms with Crippen molar-refractivity contribution in [3.05, 3.63) is 59.4 Å². The van der Waals surface area contributed by atoms with Crippen LogP contribution in [0, 0.1) is 17.1 Å². The predicted molar refractivity (Wildman–Crippen MR) is 85.9 cm³/mol. The number of rotatable bonds is 6. The Labute approximate surface area is 138 Å². The van der Waals surface area contributed by atoms with Crippen LogP contribution in [0.4, 0.5) is 10.1 Å². The van der Waals surface area contributed by atoms with Gasteiger partial charge in [-0.2, -0.15) is 5.26 Å². The number of carbonyl (C=O) groups is 1. The molecule has 1 amide bonds. The summed E-state index contributed by atoms with van der Waals surface area (Å²) in [4.78, 5) is 13.8. The number of hydrogen-bond acceptors (Lipinski definition) is 3. The van der Waals surface area contributed by atoms with E-state index in [2.05, 4.69) is 0 Å². The topological polar surface area (TPSA) is 53.3 Å². The quantitative estimate of drug-likeness (QED) is 0.808. The Kier molecular flexibility index (Phi) is 5.95. The van der Waals surface area contributed by atoms with Crippen molar-refractivity contribution in [2.45, 2.75) is 6.42 Å². The molecule has 2 rings (SSSR count). The lowest BCUT2D eigenvalue weighted by molar-refractivity contribution is -0.120. The summed E-state index contributed by atoms with van der Waals surface area (Å²) in [5.74, 6) is -0.546. The first kappa shape index (κ1) is 16.8. The monoisotopic (exact) mass is 332 g/mol. The maximum absolute atomic E-state index is 13.1. The molecule has 0 heterocycles. The van der Waals surface area contributed by atoms with Gasteiger partial charge < -0.3 is 9.64 Å². The van der Waals surface area contributed by atoms with E-state index in [1.807, 2.05) is 24.3 Å². The van der Waals surface area contributed by atoms with Gasteiger partial charge >= 0.3 is 0 Å². The van der Waals surface area contributed by atoms with Gasteiger partial charge in [0.05, 0.1) is 17.5 Å². The predicted octanol–water partition coefficient (Wildman–Crippen LogP) is 3.80. The molecule has 6 heteroatoms. The fourth-order valence-corrected chi connectivity index (χ4v) is 2.13. The second kappa shape index (κ2) is 8.16. The van der Waals surface area contributed by atoms with Crippen LogP contribution in [0.25, 0.3) is 0 Å². The van der Waals surface area contributed by atoms with Gasteiger partial charge in [-0.15, -0.1) is 0 Å². The minimum atomic E-state index is -0.551. The Morgan fingerprint density at radius 1 is 1.26 bits per heavy atom. The number of benzene rings is 2. The average molecular weight is 333 g/mol. The first-order chi connectivity index (χ1) is 11.1. The Morgan fingerprint density at radius 2 is 2.00 bits per heavy atom. The summed E-state index contributed by atoms with van der Waals surface area (Å²) in [5, 5.41) is 8.67. The number of halogens is 2. The minimum absolute atomic E-state index is 0.0701. The molecule has 118 valence electrons. The van der Waals surface area contributed by atoms with E-state index in [-0.39, 0.29) is 30.5 Å². The lowest BCUT2D eigenvalue weighted by atomic mass is 10.2. The summed E-state index contributed by atoms with van der Waals surface area (Å²) in [6.45, 7) is 0.0369. The zero-order valence-electron chi connectivity index (χ0n) is 12.2. The molecule has 0 aromatic heterocycles. The van der Waals surface area contributed by atoms with Crippen LogP contribution in [0.15, 0.2) is 48.5 Å². The first-order valence-corrected chi connectivity index (χ1v) is 7.30. The number of carbonyl (C=O) groups excluding carboxylic acids is 1. The second-order valence-corrected chi connectivity index (χ2v) is 5.06. The van der Waals surface area contributed by atoms with E-state index < -0.39 is 5.82 Å². The number of nitriles is 1. The Bertz CT molecular complexity index is 716. The van der Waals surface area contributed by atoms with E-state index in [4.69, 9.17) is 21.6 Å². The first-order valence-electron chi connectivity index (χ1n) is 6.92. The standard InChI is InChI=1S/C17H14ClFN2O2/c18-15-11-14(7-8-16(15)19)23-12-17(22)21(10-4-9-20)13-5-2-1-3-6-13/h1-3,5-8,11H,4,10,12H2. The van der Waals surface area contributed by atoms with Gasteiger partial charge in [-0.05, 0) is 24.3 Å². The molecule has 0 saturated carbocycles. The van der Waals surface area contributed by atoms with Crippen LogP contribution in [-0.4, -0.2) is 19.1 Å². The normalized spacial score (nSPS) is 9.96. The summed E-state index contributed by atoms with van der Waals surface area (Å²) in [6, 6.07) is 14.9. The van der Waals surface area contributed by atoms with Gasteiger partial charge in [0.1, 0.15) is 11.6 Å². The van der Waals surface area contributed by atoms with Gasteiger partial charge in [-0.1, -0.05) is 29.8 Å². The molecule has 0 spiro atoms. The molecule has 0 N–H and O–H groups in total. The third-order valence-electron chi connectivity index (χ3n) is 3.07. The highest BCUT2D eigenvalue weighted by Gasteiger charge is 2.16. The lowest BCUT2D eigenvalue weighted by Gasteiger charge is -2.21. The largest absolute Gasteiger partial charge is 0.484 e. The van der Waals surface area contributed by atoms with Gasteiger partial charge in [0.25, 0.3) is 5.91 Å². The van der Waals surface area contributed by atoms with Crippen LogP contribution in [0.1, 0.15) is 6.42 Å². The number of ether oxygens (including phenoxy) is 1.